The predicted molar refractivity (Wildman–Crippen MR) is 86.7 cm³/mol. The summed E-state index contributed by atoms with van der Waals surface area (Å²) in [5.74, 6) is 0. The summed E-state index contributed by atoms with van der Waals surface area (Å²) in [7, 11) is 0. The molecular weight excluding hydrogens is 268 g/mol. The summed E-state index contributed by atoms with van der Waals surface area (Å²) in [6, 6.07) is 4.70. The molecule has 1 aliphatic rings. The van der Waals surface area contributed by atoms with Crippen LogP contribution in [0, 0.1) is 0 Å². The van der Waals surface area contributed by atoms with E-state index in [1.807, 2.05) is 6.07 Å². The van der Waals surface area contributed by atoms with E-state index in [1.54, 1.807) is 6.20 Å². The van der Waals surface area contributed by atoms with Gasteiger partial charge in [0, 0.05) is 31.9 Å². The van der Waals surface area contributed by atoms with Gasteiger partial charge in [-0.05, 0) is 31.1 Å². The van der Waals surface area contributed by atoms with E-state index in [2.05, 4.69) is 34.7 Å². The molecule has 0 aromatic carbocycles. The van der Waals surface area contributed by atoms with Crippen LogP contribution in [-0.2, 0) is 6.54 Å². The second-order valence-electron chi connectivity index (χ2n) is 5.27. The molecule has 5 heteroatoms. The van der Waals surface area contributed by atoms with Crippen molar-refractivity contribution in [1.29, 1.82) is 0 Å². The van der Waals surface area contributed by atoms with Gasteiger partial charge in [0.25, 0.3) is 0 Å². The molecule has 1 unspecified atom stereocenters. The van der Waals surface area contributed by atoms with Crippen molar-refractivity contribution >= 4 is 17.2 Å². The lowest BCUT2D eigenvalue weighted by atomic mass is 10.2. The summed E-state index contributed by atoms with van der Waals surface area (Å²) in [6.45, 7) is 9.86. The van der Waals surface area contributed by atoms with E-state index in [0.717, 1.165) is 44.0 Å². The predicted octanol–water partition coefficient (Wildman–Crippen LogP) is 1.63. The Bertz CT molecular complexity index is 459. The van der Waals surface area contributed by atoms with Crippen molar-refractivity contribution in [2.75, 3.05) is 26.2 Å². The average Bonchev–Trinajstić information content (AvgIpc) is 2.89. The van der Waals surface area contributed by atoms with Crippen molar-refractivity contribution in [1.82, 2.24) is 14.8 Å². The monoisotopic (exact) mass is 292 g/mol. The van der Waals surface area contributed by atoms with E-state index in [9.17, 15) is 0 Å². The average molecular weight is 292 g/mol. The van der Waals surface area contributed by atoms with E-state index in [0.29, 0.717) is 11.0 Å². The van der Waals surface area contributed by atoms with Gasteiger partial charge < -0.3 is 5.73 Å². The molecule has 0 radical (unpaired) electrons. The SMILES string of the molecule is CCN(CC)C1CCN(Cc2cccnc2C(N)=S)C1. The fourth-order valence-electron chi connectivity index (χ4n) is 3.02. The summed E-state index contributed by atoms with van der Waals surface area (Å²) in [4.78, 5) is 9.71. The normalized spacial score (nSPS) is 19.6. The lowest BCUT2D eigenvalue weighted by Gasteiger charge is -2.26. The van der Waals surface area contributed by atoms with Crippen LogP contribution in [0.3, 0.4) is 0 Å². The maximum atomic E-state index is 5.75. The van der Waals surface area contributed by atoms with Crippen LogP contribution in [0.2, 0.25) is 0 Å². The molecule has 0 amide bonds. The van der Waals surface area contributed by atoms with Gasteiger partial charge in [-0.25, -0.2) is 0 Å². The number of nitrogens with two attached hydrogens (primary N) is 1. The Morgan fingerprint density at radius 1 is 1.50 bits per heavy atom. The Morgan fingerprint density at radius 2 is 2.25 bits per heavy atom. The molecule has 1 saturated heterocycles. The highest BCUT2D eigenvalue weighted by atomic mass is 32.1. The highest BCUT2D eigenvalue weighted by Crippen LogP contribution is 2.19. The fourth-order valence-corrected chi connectivity index (χ4v) is 3.21. The number of hydrogen-bond donors (Lipinski definition) is 1. The van der Waals surface area contributed by atoms with Crippen LogP contribution < -0.4 is 5.73 Å². The lowest BCUT2D eigenvalue weighted by molar-refractivity contribution is 0.209. The van der Waals surface area contributed by atoms with Crippen LogP contribution in [0.5, 0.6) is 0 Å². The van der Waals surface area contributed by atoms with Crippen LogP contribution in [-0.4, -0.2) is 52.0 Å². The summed E-state index contributed by atoms with van der Waals surface area (Å²) >= 11 is 5.08. The topological polar surface area (TPSA) is 45.4 Å². The van der Waals surface area contributed by atoms with Gasteiger partial charge in [0.05, 0.1) is 0 Å². The number of nitrogens with zero attached hydrogens (tertiary/aromatic N) is 3. The van der Waals surface area contributed by atoms with Crippen LogP contribution in [0.4, 0.5) is 0 Å². The van der Waals surface area contributed by atoms with Gasteiger partial charge >= 0.3 is 0 Å². The number of aromatic nitrogens is 1. The molecule has 1 aromatic rings. The first-order valence-electron chi connectivity index (χ1n) is 7.35. The lowest BCUT2D eigenvalue weighted by Crippen LogP contribution is -2.37. The van der Waals surface area contributed by atoms with Gasteiger partial charge in [0.2, 0.25) is 0 Å². The molecule has 2 heterocycles. The molecule has 2 N–H and O–H groups in total. The van der Waals surface area contributed by atoms with E-state index in [-0.39, 0.29) is 0 Å². The highest BCUT2D eigenvalue weighted by Gasteiger charge is 2.26. The molecule has 0 spiro atoms. The Morgan fingerprint density at radius 3 is 2.90 bits per heavy atom. The van der Waals surface area contributed by atoms with Crippen molar-refractivity contribution in [3.63, 3.8) is 0 Å². The van der Waals surface area contributed by atoms with E-state index >= 15 is 0 Å². The van der Waals surface area contributed by atoms with Gasteiger partial charge in [-0.3, -0.25) is 14.8 Å². The fraction of sp³-hybridized carbons (Fsp3) is 0.600. The van der Waals surface area contributed by atoms with Crippen molar-refractivity contribution in [2.24, 2.45) is 5.73 Å². The number of likely N-dealkylation sites (tertiary alicyclic amines) is 1. The van der Waals surface area contributed by atoms with Gasteiger partial charge in [0.15, 0.2) is 0 Å². The zero-order valence-corrected chi connectivity index (χ0v) is 13.2. The molecule has 20 heavy (non-hydrogen) atoms. The minimum Gasteiger partial charge on any atom is -0.388 e. The number of hydrogen-bond acceptors (Lipinski definition) is 4. The molecule has 2 rings (SSSR count). The van der Waals surface area contributed by atoms with E-state index in [4.69, 9.17) is 18.0 Å². The maximum Gasteiger partial charge on any atom is 0.123 e. The molecule has 1 fully saturated rings. The number of pyridine rings is 1. The molecule has 110 valence electrons. The Balaban J connectivity index is 2.00. The van der Waals surface area contributed by atoms with Crippen LogP contribution in [0.15, 0.2) is 18.3 Å². The van der Waals surface area contributed by atoms with Crippen molar-refractivity contribution in [2.45, 2.75) is 32.9 Å². The van der Waals surface area contributed by atoms with Crippen LogP contribution in [0.1, 0.15) is 31.5 Å². The first kappa shape index (κ1) is 15.4. The van der Waals surface area contributed by atoms with Gasteiger partial charge in [-0.1, -0.05) is 32.1 Å². The highest BCUT2D eigenvalue weighted by molar-refractivity contribution is 7.80. The third-order valence-corrected chi connectivity index (χ3v) is 4.29. The minimum absolute atomic E-state index is 0.389. The van der Waals surface area contributed by atoms with E-state index in [1.165, 1.54) is 6.42 Å². The van der Waals surface area contributed by atoms with Crippen molar-refractivity contribution < 1.29 is 0 Å². The smallest absolute Gasteiger partial charge is 0.123 e. The molecule has 4 nitrogen and oxygen atoms in total. The summed E-state index contributed by atoms with van der Waals surface area (Å²) in [5, 5.41) is 0. The maximum absolute atomic E-state index is 5.75. The second kappa shape index (κ2) is 7.11. The van der Waals surface area contributed by atoms with E-state index < -0.39 is 0 Å². The van der Waals surface area contributed by atoms with Gasteiger partial charge in [-0.2, -0.15) is 0 Å². The second-order valence-corrected chi connectivity index (χ2v) is 5.71. The summed E-state index contributed by atoms with van der Waals surface area (Å²) in [5.41, 5.74) is 7.66. The Hall–Kier alpha value is -1.04. The van der Waals surface area contributed by atoms with Crippen molar-refractivity contribution in [3.8, 4) is 0 Å². The first-order valence-corrected chi connectivity index (χ1v) is 7.76. The summed E-state index contributed by atoms with van der Waals surface area (Å²) < 4.78 is 0. The molecule has 0 saturated carbocycles. The third-order valence-electron chi connectivity index (χ3n) is 4.09. The molecule has 1 aliphatic heterocycles. The van der Waals surface area contributed by atoms with Crippen LogP contribution in [0.25, 0.3) is 0 Å². The largest absolute Gasteiger partial charge is 0.388 e. The number of rotatable bonds is 6. The Labute approximate surface area is 127 Å². The number of likely N-dealkylation sites (N-methyl/N-ethyl adjacent to an activating group) is 1. The third kappa shape index (κ3) is 3.53. The molecule has 0 aliphatic carbocycles. The zero-order chi connectivity index (χ0) is 14.5. The molecule has 0 bridgehead atoms. The Kier molecular flexibility index (Phi) is 5.46. The minimum atomic E-state index is 0.389. The first-order chi connectivity index (χ1) is 9.65. The van der Waals surface area contributed by atoms with Gasteiger partial charge in [0.1, 0.15) is 10.7 Å². The van der Waals surface area contributed by atoms with Gasteiger partial charge in [-0.15, -0.1) is 0 Å². The molecule has 1 atom stereocenters. The molecular formula is C15H24N4S. The zero-order valence-electron chi connectivity index (χ0n) is 12.4. The number of thiocarbonyl (C=S) groups is 1. The standard InChI is InChI=1S/C15H24N4S/c1-3-19(4-2)13-7-9-18(11-13)10-12-6-5-8-17-14(12)15(16)20/h5-6,8,13H,3-4,7,9-11H2,1-2H3,(H2,16,20). The quantitative estimate of drug-likeness (QED) is 0.808. The van der Waals surface area contributed by atoms with Crippen molar-refractivity contribution in [3.05, 3.63) is 29.6 Å². The molecule has 1 aromatic heterocycles. The summed E-state index contributed by atoms with van der Waals surface area (Å²) in [6.07, 6.45) is 2.99. The van der Waals surface area contributed by atoms with Crippen LogP contribution >= 0.6 is 12.2 Å².